The van der Waals surface area contributed by atoms with Crippen LogP contribution in [0.3, 0.4) is 0 Å². The maximum absolute atomic E-state index is 5.78. The van der Waals surface area contributed by atoms with Crippen LogP contribution < -0.4 is 9.47 Å². The molecule has 1 aliphatic rings. The molecular weight excluding hydrogens is 204 g/mol. The predicted molar refractivity (Wildman–Crippen MR) is 62.1 cm³/mol. The normalized spacial score (nSPS) is 19.6. The summed E-state index contributed by atoms with van der Waals surface area (Å²) >= 11 is 0. The zero-order valence-electron chi connectivity index (χ0n) is 10.0. The molecule has 0 aliphatic carbocycles. The fourth-order valence-electron chi connectivity index (χ4n) is 1.49. The number of para-hydroxylation sites is 2. The summed E-state index contributed by atoms with van der Waals surface area (Å²) in [5, 5.41) is 0. The summed E-state index contributed by atoms with van der Waals surface area (Å²) < 4.78 is 17.1. The molecule has 1 aliphatic heterocycles. The fraction of sp³-hybridized carbons (Fsp3) is 0.538. The van der Waals surface area contributed by atoms with Gasteiger partial charge in [0.1, 0.15) is 6.61 Å². The molecule has 1 aromatic rings. The van der Waals surface area contributed by atoms with E-state index in [9.17, 15) is 0 Å². The highest BCUT2D eigenvalue weighted by atomic mass is 16.6. The second kappa shape index (κ2) is 4.34. The molecule has 0 bridgehead atoms. The van der Waals surface area contributed by atoms with Crippen molar-refractivity contribution < 1.29 is 14.2 Å². The molecule has 0 saturated heterocycles. The van der Waals surface area contributed by atoms with Crippen molar-refractivity contribution in [3.05, 3.63) is 24.3 Å². The van der Waals surface area contributed by atoms with Gasteiger partial charge >= 0.3 is 0 Å². The molecule has 16 heavy (non-hydrogen) atoms. The van der Waals surface area contributed by atoms with E-state index in [0.717, 1.165) is 11.5 Å². The first-order chi connectivity index (χ1) is 7.54. The van der Waals surface area contributed by atoms with Gasteiger partial charge in [-0.05, 0) is 32.9 Å². The van der Waals surface area contributed by atoms with Crippen molar-refractivity contribution in [1.29, 1.82) is 0 Å². The Kier molecular flexibility index (Phi) is 3.06. The molecule has 0 N–H and O–H groups in total. The van der Waals surface area contributed by atoms with Gasteiger partial charge in [-0.25, -0.2) is 0 Å². The van der Waals surface area contributed by atoms with Gasteiger partial charge in [0.25, 0.3) is 0 Å². The van der Waals surface area contributed by atoms with Gasteiger partial charge in [-0.3, -0.25) is 0 Å². The average molecular weight is 222 g/mol. The quantitative estimate of drug-likeness (QED) is 0.770. The molecule has 0 saturated carbocycles. The lowest BCUT2D eigenvalue weighted by Gasteiger charge is -2.29. The predicted octanol–water partition coefficient (Wildman–Crippen LogP) is 2.64. The van der Waals surface area contributed by atoms with Crippen LogP contribution in [0.15, 0.2) is 24.3 Å². The smallest absolute Gasteiger partial charge is 0.161 e. The van der Waals surface area contributed by atoms with Crippen LogP contribution >= 0.6 is 0 Å². The standard InChI is InChI=1S/C13H18O3/c1-13(2,3)15-9-10-8-14-11-6-4-5-7-12(11)16-10/h4-7,10H,8-9H2,1-3H3. The Morgan fingerprint density at radius 3 is 2.62 bits per heavy atom. The largest absolute Gasteiger partial charge is 0.486 e. The van der Waals surface area contributed by atoms with Gasteiger partial charge in [-0.2, -0.15) is 0 Å². The summed E-state index contributed by atoms with van der Waals surface area (Å²) in [5.41, 5.74) is -0.139. The third-order valence-corrected chi connectivity index (χ3v) is 2.27. The minimum absolute atomic E-state index is 0.0193. The van der Waals surface area contributed by atoms with E-state index < -0.39 is 0 Å². The van der Waals surface area contributed by atoms with E-state index in [1.54, 1.807) is 0 Å². The average Bonchev–Trinajstić information content (AvgIpc) is 2.25. The van der Waals surface area contributed by atoms with Crippen LogP contribution in [0.1, 0.15) is 20.8 Å². The van der Waals surface area contributed by atoms with Crippen molar-refractivity contribution in [3.63, 3.8) is 0 Å². The molecule has 2 rings (SSSR count). The Balaban J connectivity index is 1.93. The Labute approximate surface area is 96.3 Å². The molecule has 1 heterocycles. The van der Waals surface area contributed by atoms with Gasteiger partial charge in [0.15, 0.2) is 17.6 Å². The van der Waals surface area contributed by atoms with Crippen molar-refractivity contribution in [3.8, 4) is 11.5 Å². The van der Waals surface area contributed by atoms with Crippen molar-refractivity contribution in [2.75, 3.05) is 13.2 Å². The Morgan fingerprint density at radius 1 is 1.25 bits per heavy atom. The zero-order valence-corrected chi connectivity index (χ0v) is 10.0. The molecule has 88 valence electrons. The second-order valence-electron chi connectivity index (χ2n) is 4.92. The number of hydrogen-bond donors (Lipinski definition) is 0. The Hall–Kier alpha value is -1.22. The minimum atomic E-state index is -0.139. The third-order valence-electron chi connectivity index (χ3n) is 2.27. The van der Waals surface area contributed by atoms with Crippen molar-refractivity contribution in [2.24, 2.45) is 0 Å². The molecular formula is C13H18O3. The molecule has 0 aromatic heterocycles. The third kappa shape index (κ3) is 2.89. The van der Waals surface area contributed by atoms with E-state index in [0.29, 0.717) is 13.2 Å². The number of hydrogen-bond acceptors (Lipinski definition) is 3. The first kappa shape index (κ1) is 11.3. The molecule has 3 heteroatoms. The van der Waals surface area contributed by atoms with Gasteiger partial charge in [0.2, 0.25) is 0 Å². The highest BCUT2D eigenvalue weighted by Crippen LogP contribution is 2.31. The van der Waals surface area contributed by atoms with E-state index in [1.807, 2.05) is 45.0 Å². The van der Waals surface area contributed by atoms with Gasteiger partial charge in [0.05, 0.1) is 12.2 Å². The summed E-state index contributed by atoms with van der Waals surface area (Å²) in [4.78, 5) is 0. The summed E-state index contributed by atoms with van der Waals surface area (Å²) in [5.74, 6) is 1.62. The molecule has 1 atom stereocenters. The molecule has 0 radical (unpaired) electrons. The lowest BCUT2D eigenvalue weighted by Crippen LogP contribution is -2.36. The van der Waals surface area contributed by atoms with Gasteiger partial charge in [-0.15, -0.1) is 0 Å². The summed E-state index contributed by atoms with van der Waals surface area (Å²) in [7, 11) is 0. The van der Waals surface area contributed by atoms with Gasteiger partial charge in [-0.1, -0.05) is 12.1 Å². The minimum Gasteiger partial charge on any atom is -0.486 e. The highest BCUT2D eigenvalue weighted by molar-refractivity contribution is 5.40. The first-order valence-electron chi connectivity index (χ1n) is 5.57. The fourth-order valence-corrected chi connectivity index (χ4v) is 1.49. The maximum Gasteiger partial charge on any atom is 0.161 e. The second-order valence-corrected chi connectivity index (χ2v) is 4.92. The number of ether oxygens (including phenoxy) is 3. The van der Waals surface area contributed by atoms with E-state index in [2.05, 4.69) is 0 Å². The SMILES string of the molecule is CC(C)(C)OCC1COc2ccccc2O1. The number of fused-ring (bicyclic) bond motifs is 1. The first-order valence-corrected chi connectivity index (χ1v) is 5.57. The van der Waals surface area contributed by atoms with Crippen LogP contribution in [0.25, 0.3) is 0 Å². The molecule has 0 amide bonds. The van der Waals surface area contributed by atoms with Gasteiger partial charge in [0, 0.05) is 0 Å². The summed E-state index contributed by atoms with van der Waals surface area (Å²) in [6.07, 6.45) is -0.0193. The molecule has 1 aromatic carbocycles. The van der Waals surface area contributed by atoms with Crippen LogP contribution in [0.5, 0.6) is 11.5 Å². The van der Waals surface area contributed by atoms with Crippen LogP contribution in [-0.4, -0.2) is 24.9 Å². The van der Waals surface area contributed by atoms with E-state index in [-0.39, 0.29) is 11.7 Å². The molecule has 1 unspecified atom stereocenters. The van der Waals surface area contributed by atoms with Gasteiger partial charge < -0.3 is 14.2 Å². The topological polar surface area (TPSA) is 27.7 Å². The lowest BCUT2D eigenvalue weighted by molar-refractivity contribution is -0.0583. The van der Waals surface area contributed by atoms with E-state index in [4.69, 9.17) is 14.2 Å². The van der Waals surface area contributed by atoms with Crippen molar-refractivity contribution >= 4 is 0 Å². The Morgan fingerprint density at radius 2 is 1.94 bits per heavy atom. The van der Waals surface area contributed by atoms with Crippen LogP contribution in [-0.2, 0) is 4.74 Å². The van der Waals surface area contributed by atoms with Crippen LogP contribution in [0.4, 0.5) is 0 Å². The zero-order chi connectivity index (χ0) is 11.6. The maximum atomic E-state index is 5.78. The lowest BCUT2D eigenvalue weighted by atomic mass is 10.2. The highest BCUT2D eigenvalue weighted by Gasteiger charge is 2.22. The molecule has 0 spiro atoms. The monoisotopic (exact) mass is 222 g/mol. The van der Waals surface area contributed by atoms with Crippen molar-refractivity contribution in [1.82, 2.24) is 0 Å². The van der Waals surface area contributed by atoms with Crippen LogP contribution in [0.2, 0.25) is 0 Å². The summed E-state index contributed by atoms with van der Waals surface area (Å²) in [6, 6.07) is 7.71. The molecule has 3 nitrogen and oxygen atoms in total. The van der Waals surface area contributed by atoms with Crippen LogP contribution in [0, 0.1) is 0 Å². The van der Waals surface area contributed by atoms with E-state index >= 15 is 0 Å². The Bertz CT molecular complexity index is 354. The van der Waals surface area contributed by atoms with E-state index in [1.165, 1.54) is 0 Å². The number of benzene rings is 1. The van der Waals surface area contributed by atoms with Crippen molar-refractivity contribution in [2.45, 2.75) is 32.5 Å². The summed E-state index contributed by atoms with van der Waals surface area (Å²) in [6.45, 7) is 7.20. The number of rotatable bonds is 2. The molecule has 0 fully saturated rings.